The Morgan fingerprint density at radius 1 is 1.18 bits per heavy atom. The van der Waals surface area contributed by atoms with Crippen LogP contribution in [0.15, 0.2) is 48.5 Å². The maximum absolute atomic E-state index is 12.7. The zero-order valence-electron chi connectivity index (χ0n) is 12.4. The lowest BCUT2D eigenvalue weighted by Gasteiger charge is -2.09. The van der Waals surface area contributed by atoms with Gasteiger partial charge in [0.1, 0.15) is 18.2 Å². The van der Waals surface area contributed by atoms with Gasteiger partial charge in [-0.15, -0.1) is 0 Å². The van der Waals surface area contributed by atoms with Gasteiger partial charge in [0.15, 0.2) is 0 Å². The maximum atomic E-state index is 12.7. The zero-order chi connectivity index (χ0) is 15.8. The van der Waals surface area contributed by atoms with Crippen molar-refractivity contribution in [1.29, 1.82) is 0 Å². The number of rotatable bonds is 7. The lowest BCUT2D eigenvalue weighted by molar-refractivity contribution is -0.119. The number of anilines is 1. The van der Waals surface area contributed by atoms with E-state index >= 15 is 0 Å². The topological polar surface area (TPSA) is 50.4 Å². The average molecular weight is 302 g/mol. The molecule has 22 heavy (non-hydrogen) atoms. The molecule has 2 aromatic rings. The molecule has 2 aromatic carbocycles. The SMILES string of the molecule is Cc1cccc(OCCNC(=O)CNc2ccc(F)cc2)c1. The Morgan fingerprint density at radius 3 is 2.68 bits per heavy atom. The normalized spacial score (nSPS) is 10.1. The van der Waals surface area contributed by atoms with Gasteiger partial charge in [-0.25, -0.2) is 4.39 Å². The molecular weight excluding hydrogens is 283 g/mol. The van der Waals surface area contributed by atoms with Crippen LogP contribution in [0.4, 0.5) is 10.1 Å². The molecule has 4 nitrogen and oxygen atoms in total. The fraction of sp³-hybridized carbons (Fsp3) is 0.235. The van der Waals surface area contributed by atoms with Crippen molar-refractivity contribution < 1.29 is 13.9 Å². The van der Waals surface area contributed by atoms with E-state index in [2.05, 4.69) is 10.6 Å². The number of aryl methyl sites for hydroxylation is 1. The first-order valence-corrected chi connectivity index (χ1v) is 7.09. The van der Waals surface area contributed by atoms with Crippen LogP contribution in [0.1, 0.15) is 5.56 Å². The monoisotopic (exact) mass is 302 g/mol. The highest BCUT2D eigenvalue weighted by atomic mass is 19.1. The number of benzene rings is 2. The van der Waals surface area contributed by atoms with E-state index < -0.39 is 0 Å². The molecule has 116 valence electrons. The van der Waals surface area contributed by atoms with Crippen LogP contribution in [0.3, 0.4) is 0 Å². The molecule has 1 amide bonds. The van der Waals surface area contributed by atoms with Crippen molar-refractivity contribution in [3.8, 4) is 5.75 Å². The Labute approximate surface area is 129 Å². The van der Waals surface area contributed by atoms with Gasteiger partial charge in [-0.1, -0.05) is 12.1 Å². The minimum Gasteiger partial charge on any atom is -0.492 e. The number of nitrogens with one attached hydrogen (secondary N) is 2. The van der Waals surface area contributed by atoms with Crippen LogP contribution in [-0.2, 0) is 4.79 Å². The second-order valence-electron chi connectivity index (χ2n) is 4.88. The molecule has 2 N–H and O–H groups in total. The molecule has 0 saturated heterocycles. The highest BCUT2D eigenvalue weighted by Crippen LogP contribution is 2.11. The Kier molecular flexibility index (Phi) is 5.77. The summed E-state index contributed by atoms with van der Waals surface area (Å²) in [5, 5.41) is 5.67. The number of amides is 1. The van der Waals surface area contributed by atoms with Crippen LogP contribution in [0.5, 0.6) is 5.75 Å². The maximum Gasteiger partial charge on any atom is 0.239 e. The Bertz CT molecular complexity index is 614. The number of ether oxygens (including phenoxy) is 1. The number of hydrogen-bond donors (Lipinski definition) is 2. The Morgan fingerprint density at radius 2 is 1.95 bits per heavy atom. The third-order valence-electron chi connectivity index (χ3n) is 2.98. The van der Waals surface area contributed by atoms with Crippen LogP contribution < -0.4 is 15.4 Å². The van der Waals surface area contributed by atoms with Gasteiger partial charge in [-0.3, -0.25) is 4.79 Å². The summed E-state index contributed by atoms with van der Waals surface area (Å²) in [6.07, 6.45) is 0. The van der Waals surface area contributed by atoms with Crippen LogP contribution in [0.25, 0.3) is 0 Å². The molecule has 0 unspecified atom stereocenters. The average Bonchev–Trinajstić information content (AvgIpc) is 2.51. The van der Waals surface area contributed by atoms with E-state index in [-0.39, 0.29) is 18.3 Å². The molecule has 0 bridgehead atoms. The minimum absolute atomic E-state index is 0.135. The van der Waals surface area contributed by atoms with Crippen molar-refractivity contribution in [1.82, 2.24) is 5.32 Å². The quantitative estimate of drug-likeness (QED) is 0.773. The van der Waals surface area contributed by atoms with Crippen molar-refractivity contribution in [2.45, 2.75) is 6.92 Å². The highest BCUT2D eigenvalue weighted by molar-refractivity contribution is 5.80. The van der Waals surface area contributed by atoms with Gasteiger partial charge in [0.05, 0.1) is 13.1 Å². The molecule has 0 atom stereocenters. The highest BCUT2D eigenvalue weighted by Gasteiger charge is 2.01. The second-order valence-corrected chi connectivity index (χ2v) is 4.88. The summed E-state index contributed by atoms with van der Waals surface area (Å²) in [4.78, 5) is 11.6. The number of carbonyl (C=O) groups is 1. The number of carbonyl (C=O) groups excluding carboxylic acids is 1. The zero-order valence-corrected chi connectivity index (χ0v) is 12.4. The summed E-state index contributed by atoms with van der Waals surface area (Å²) in [5.41, 5.74) is 1.83. The molecule has 2 rings (SSSR count). The first kappa shape index (κ1) is 15.8. The van der Waals surface area contributed by atoms with Gasteiger partial charge in [0.2, 0.25) is 5.91 Å². The third kappa shape index (κ3) is 5.44. The van der Waals surface area contributed by atoms with Gasteiger partial charge in [0, 0.05) is 5.69 Å². The van der Waals surface area contributed by atoms with Gasteiger partial charge < -0.3 is 15.4 Å². The van der Waals surface area contributed by atoms with E-state index in [4.69, 9.17) is 4.74 Å². The number of hydrogen-bond acceptors (Lipinski definition) is 3. The summed E-state index contributed by atoms with van der Waals surface area (Å²) in [7, 11) is 0. The van der Waals surface area contributed by atoms with Gasteiger partial charge >= 0.3 is 0 Å². The van der Waals surface area contributed by atoms with Crippen LogP contribution in [0.2, 0.25) is 0 Å². The predicted octanol–water partition coefficient (Wildman–Crippen LogP) is 2.74. The van der Waals surface area contributed by atoms with Crippen molar-refractivity contribution in [2.24, 2.45) is 0 Å². The second kappa shape index (κ2) is 8.02. The molecule has 0 aliphatic rings. The van der Waals surface area contributed by atoms with E-state index in [9.17, 15) is 9.18 Å². The minimum atomic E-state index is -0.303. The van der Waals surface area contributed by atoms with Crippen molar-refractivity contribution in [3.63, 3.8) is 0 Å². The molecule has 0 heterocycles. The number of halogens is 1. The molecule has 0 radical (unpaired) electrons. The van der Waals surface area contributed by atoms with E-state index in [1.165, 1.54) is 12.1 Å². The summed E-state index contributed by atoms with van der Waals surface area (Å²) < 4.78 is 18.3. The van der Waals surface area contributed by atoms with Gasteiger partial charge in [0.25, 0.3) is 0 Å². The van der Waals surface area contributed by atoms with Crippen molar-refractivity contribution in [2.75, 3.05) is 25.0 Å². The summed E-state index contributed by atoms with van der Waals surface area (Å²) in [5.74, 6) is 0.346. The molecule has 0 spiro atoms. The lowest BCUT2D eigenvalue weighted by atomic mass is 10.2. The van der Waals surface area contributed by atoms with Crippen LogP contribution in [0, 0.1) is 12.7 Å². The summed E-state index contributed by atoms with van der Waals surface area (Å²) >= 11 is 0. The Hall–Kier alpha value is -2.56. The third-order valence-corrected chi connectivity index (χ3v) is 2.98. The molecule has 5 heteroatoms. The largest absolute Gasteiger partial charge is 0.492 e. The van der Waals surface area contributed by atoms with Gasteiger partial charge in [-0.2, -0.15) is 0 Å². The molecular formula is C17H19FN2O2. The fourth-order valence-electron chi connectivity index (χ4n) is 1.88. The summed E-state index contributed by atoms with van der Waals surface area (Å²) in [6, 6.07) is 13.6. The van der Waals surface area contributed by atoms with Crippen molar-refractivity contribution in [3.05, 3.63) is 59.9 Å². The smallest absolute Gasteiger partial charge is 0.239 e. The lowest BCUT2D eigenvalue weighted by Crippen LogP contribution is -2.33. The standard InChI is InChI=1S/C17H19FN2O2/c1-13-3-2-4-16(11-13)22-10-9-19-17(21)12-20-15-7-5-14(18)6-8-15/h2-8,11,20H,9-10,12H2,1H3,(H,19,21). The summed E-state index contributed by atoms with van der Waals surface area (Å²) in [6.45, 7) is 2.97. The predicted molar refractivity (Wildman–Crippen MR) is 84.6 cm³/mol. The van der Waals surface area contributed by atoms with Crippen LogP contribution >= 0.6 is 0 Å². The molecule has 0 fully saturated rings. The molecule has 0 aliphatic carbocycles. The van der Waals surface area contributed by atoms with Crippen molar-refractivity contribution >= 4 is 11.6 Å². The van der Waals surface area contributed by atoms with E-state index in [0.717, 1.165) is 11.3 Å². The Balaban J connectivity index is 1.62. The first-order valence-electron chi connectivity index (χ1n) is 7.09. The van der Waals surface area contributed by atoms with Crippen LogP contribution in [-0.4, -0.2) is 25.6 Å². The van der Waals surface area contributed by atoms with E-state index in [1.54, 1.807) is 12.1 Å². The fourth-order valence-corrected chi connectivity index (χ4v) is 1.88. The molecule has 0 aromatic heterocycles. The first-order chi connectivity index (χ1) is 10.6. The van der Waals surface area contributed by atoms with Gasteiger partial charge in [-0.05, 0) is 48.9 Å². The molecule has 0 aliphatic heterocycles. The van der Waals surface area contributed by atoms with E-state index in [0.29, 0.717) is 18.8 Å². The molecule has 0 saturated carbocycles. The van der Waals surface area contributed by atoms with E-state index in [1.807, 2.05) is 31.2 Å².